The highest BCUT2D eigenvalue weighted by atomic mass is 35.5. The smallest absolute Gasteiger partial charge is 0.255 e. The number of anilines is 2. The zero-order chi connectivity index (χ0) is 14.7. The summed E-state index contributed by atoms with van der Waals surface area (Å²) in [6.45, 7) is 0. The first-order valence-corrected chi connectivity index (χ1v) is 6.77. The molecule has 0 aliphatic rings. The van der Waals surface area contributed by atoms with Crippen LogP contribution in [0.25, 0.3) is 0 Å². The number of amides is 1. The van der Waals surface area contributed by atoms with Gasteiger partial charge in [0.1, 0.15) is 0 Å². The van der Waals surface area contributed by atoms with Gasteiger partial charge in [0.15, 0.2) is 0 Å². The molecule has 0 spiro atoms. The van der Waals surface area contributed by atoms with E-state index in [0.717, 1.165) is 5.69 Å². The van der Waals surface area contributed by atoms with Crippen LogP contribution in [0.1, 0.15) is 10.4 Å². The maximum absolute atomic E-state index is 12.2. The average molecular weight is 309 g/mol. The summed E-state index contributed by atoms with van der Waals surface area (Å²) >= 11 is 11.8. The molecule has 0 radical (unpaired) electrons. The summed E-state index contributed by atoms with van der Waals surface area (Å²) < 4.78 is 0. The van der Waals surface area contributed by atoms with E-state index in [0.29, 0.717) is 21.3 Å². The number of nitrogens with zero attached hydrogens (tertiary/aromatic N) is 1. The summed E-state index contributed by atoms with van der Waals surface area (Å²) in [5.41, 5.74) is 2.10. The lowest BCUT2D eigenvalue weighted by atomic mass is 10.2. The Bertz CT molecular complexity index is 624. The van der Waals surface area contributed by atoms with E-state index >= 15 is 0 Å². The number of carbonyl (C=O) groups excluding carboxylic acids is 1. The fourth-order valence-corrected chi connectivity index (χ4v) is 2.09. The van der Waals surface area contributed by atoms with Crippen molar-refractivity contribution in [2.75, 3.05) is 24.3 Å². The van der Waals surface area contributed by atoms with Gasteiger partial charge in [-0.2, -0.15) is 0 Å². The topological polar surface area (TPSA) is 32.3 Å². The molecule has 20 heavy (non-hydrogen) atoms. The van der Waals surface area contributed by atoms with Gasteiger partial charge in [-0.15, -0.1) is 0 Å². The summed E-state index contributed by atoms with van der Waals surface area (Å²) in [7, 11) is 3.81. The fraction of sp³-hybridized carbons (Fsp3) is 0.133. The minimum absolute atomic E-state index is 0.202. The molecular formula is C15H14Cl2N2O. The number of carbonyl (C=O) groups is 1. The third-order valence-corrected chi connectivity index (χ3v) is 3.28. The van der Waals surface area contributed by atoms with Crippen molar-refractivity contribution < 1.29 is 4.79 Å². The molecule has 104 valence electrons. The maximum atomic E-state index is 12.2. The molecule has 0 saturated carbocycles. The lowest BCUT2D eigenvalue weighted by molar-refractivity contribution is 0.102. The molecule has 0 bridgehead atoms. The molecule has 3 nitrogen and oxygen atoms in total. The van der Waals surface area contributed by atoms with E-state index < -0.39 is 0 Å². The molecule has 2 aromatic carbocycles. The summed E-state index contributed by atoms with van der Waals surface area (Å²) in [6.07, 6.45) is 0. The van der Waals surface area contributed by atoms with E-state index in [-0.39, 0.29) is 5.91 Å². The van der Waals surface area contributed by atoms with Gasteiger partial charge >= 0.3 is 0 Å². The molecular weight excluding hydrogens is 295 g/mol. The second-order valence-corrected chi connectivity index (χ2v) is 5.39. The second kappa shape index (κ2) is 6.16. The van der Waals surface area contributed by atoms with Crippen LogP contribution in [0.5, 0.6) is 0 Å². The van der Waals surface area contributed by atoms with Gasteiger partial charge < -0.3 is 10.2 Å². The van der Waals surface area contributed by atoms with Gasteiger partial charge in [-0.05, 0) is 42.5 Å². The van der Waals surface area contributed by atoms with Crippen LogP contribution in [0.2, 0.25) is 10.0 Å². The van der Waals surface area contributed by atoms with E-state index in [1.54, 1.807) is 36.4 Å². The van der Waals surface area contributed by atoms with Crippen molar-refractivity contribution in [2.45, 2.75) is 0 Å². The highest BCUT2D eigenvalue weighted by Gasteiger charge is 2.11. The van der Waals surface area contributed by atoms with Crippen LogP contribution in [0, 0.1) is 0 Å². The molecule has 1 N–H and O–H groups in total. The third-order valence-electron chi connectivity index (χ3n) is 2.80. The molecule has 1 amide bonds. The first kappa shape index (κ1) is 14.7. The van der Waals surface area contributed by atoms with Crippen molar-refractivity contribution in [1.29, 1.82) is 0 Å². The van der Waals surface area contributed by atoms with Gasteiger partial charge in [0.05, 0.1) is 11.4 Å². The van der Waals surface area contributed by atoms with Crippen LogP contribution in [-0.4, -0.2) is 20.0 Å². The quantitative estimate of drug-likeness (QED) is 0.916. The average Bonchev–Trinajstić information content (AvgIpc) is 2.39. The van der Waals surface area contributed by atoms with Crippen molar-refractivity contribution in [3.05, 3.63) is 58.1 Å². The van der Waals surface area contributed by atoms with E-state index in [9.17, 15) is 4.79 Å². The minimum Gasteiger partial charge on any atom is -0.376 e. The number of rotatable bonds is 3. The first-order chi connectivity index (χ1) is 9.47. The van der Waals surface area contributed by atoms with Crippen LogP contribution in [-0.2, 0) is 0 Å². The first-order valence-electron chi connectivity index (χ1n) is 6.01. The Hall–Kier alpha value is -1.71. The lowest BCUT2D eigenvalue weighted by Gasteiger charge is -2.18. The maximum Gasteiger partial charge on any atom is 0.255 e. The third kappa shape index (κ3) is 3.44. The number of benzene rings is 2. The van der Waals surface area contributed by atoms with Crippen LogP contribution >= 0.6 is 23.2 Å². The van der Waals surface area contributed by atoms with E-state index in [4.69, 9.17) is 23.2 Å². The number of halogens is 2. The molecule has 2 rings (SSSR count). The summed E-state index contributed by atoms with van der Waals surface area (Å²) in [5.74, 6) is -0.202. The summed E-state index contributed by atoms with van der Waals surface area (Å²) in [6, 6.07) is 12.1. The Balaban J connectivity index is 2.27. The molecule has 0 unspecified atom stereocenters. The molecule has 0 saturated heterocycles. The molecule has 2 aromatic rings. The Morgan fingerprint density at radius 3 is 2.20 bits per heavy atom. The number of nitrogens with one attached hydrogen (secondary N) is 1. The Morgan fingerprint density at radius 2 is 1.60 bits per heavy atom. The molecule has 0 aliphatic heterocycles. The lowest BCUT2D eigenvalue weighted by Crippen LogP contribution is -2.16. The van der Waals surface area contributed by atoms with Crippen LogP contribution in [0.15, 0.2) is 42.5 Å². The van der Waals surface area contributed by atoms with Gasteiger partial charge in [0.25, 0.3) is 5.91 Å². The monoisotopic (exact) mass is 308 g/mol. The van der Waals surface area contributed by atoms with Crippen LogP contribution in [0.3, 0.4) is 0 Å². The van der Waals surface area contributed by atoms with Crippen molar-refractivity contribution >= 4 is 40.5 Å². The molecule has 0 atom stereocenters. The van der Waals surface area contributed by atoms with Crippen molar-refractivity contribution in [1.82, 2.24) is 0 Å². The normalized spacial score (nSPS) is 10.2. The zero-order valence-electron chi connectivity index (χ0n) is 11.2. The highest BCUT2D eigenvalue weighted by molar-refractivity contribution is 6.31. The molecule has 0 aromatic heterocycles. The fourth-order valence-electron chi connectivity index (χ4n) is 1.79. The molecule has 0 aliphatic carbocycles. The van der Waals surface area contributed by atoms with Gasteiger partial charge in [-0.25, -0.2) is 0 Å². The molecule has 5 heteroatoms. The molecule has 0 heterocycles. The van der Waals surface area contributed by atoms with Crippen molar-refractivity contribution in [2.24, 2.45) is 0 Å². The van der Waals surface area contributed by atoms with Gasteiger partial charge in [0.2, 0.25) is 0 Å². The van der Waals surface area contributed by atoms with Crippen molar-refractivity contribution in [3.63, 3.8) is 0 Å². The largest absolute Gasteiger partial charge is 0.376 e. The predicted octanol–water partition coefficient (Wildman–Crippen LogP) is 4.31. The standard InChI is InChI=1S/C15H14Cl2N2O/c1-19(2)14-8-7-12(17)9-13(14)18-15(20)10-3-5-11(16)6-4-10/h3-9H,1-2H3,(H,18,20). The number of hydrogen-bond acceptors (Lipinski definition) is 2. The Labute approximate surface area is 128 Å². The summed E-state index contributed by atoms with van der Waals surface area (Å²) in [4.78, 5) is 14.1. The van der Waals surface area contributed by atoms with Gasteiger partial charge in [-0.1, -0.05) is 23.2 Å². The van der Waals surface area contributed by atoms with Gasteiger partial charge in [-0.3, -0.25) is 4.79 Å². The van der Waals surface area contributed by atoms with Crippen LogP contribution in [0.4, 0.5) is 11.4 Å². The highest BCUT2D eigenvalue weighted by Crippen LogP contribution is 2.28. The zero-order valence-corrected chi connectivity index (χ0v) is 12.7. The van der Waals surface area contributed by atoms with E-state index in [2.05, 4.69) is 5.32 Å². The van der Waals surface area contributed by atoms with Crippen LogP contribution < -0.4 is 10.2 Å². The Morgan fingerprint density at radius 1 is 1.00 bits per heavy atom. The van der Waals surface area contributed by atoms with Crippen molar-refractivity contribution in [3.8, 4) is 0 Å². The molecule has 0 fully saturated rings. The van der Waals surface area contributed by atoms with E-state index in [1.165, 1.54) is 0 Å². The number of hydrogen-bond donors (Lipinski definition) is 1. The predicted molar refractivity (Wildman–Crippen MR) is 85.2 cm³/mol. The minimum atomic E-state index is -0.202. The second-order valence-electron chi connectivity index (χ2n) is 4.52. The summed E-state index contributed by atoms with van der Waals surface area (Å²) in [5, 5.41) is 4.03. The Kier molecular flexibility index (Phi) is 4.53. The SMILES string of the molecule is CN(C)c1ccc(Cl)cc1NC(=O)c1ccc(Cl)cc1. The van der Waals surface area contributed by atoms with E-state index in [1.807, 2.05) is 25.1 Å². The van der Waals surface area contributed by atoms with Gasteiger partial charge in [0, 0.05) is 29.7 Å².